The highest BCUT2D eigenvalue weighted by atomic mass is 16.5. The van der Waals surface area contributed by atoms with Gasteiger partial charge in [0.1, 0.15) is 17.2 Å². The summed E-state index contributed by atoms with van der Waals surface area (Å²) in [5, 5.41) is 4.25. The van der Waals surface area contributed by atoms with Crippen molar-refractivity contribution in [2.24, 2.45) is 5.73 Å². The molecular formula is C14H14N4O3. The van der Waals surface area contributed by atoms with E-state index in [2.05, 4.69) is 10.3 Å². The van der Waals surface area contributed by atoms with Gasteiger partial charge in [-0.15, -0.1) is 0 Å². The molecule has 2 rings (SSSR count). The molecule has 0 saturated carbocycles. The fraction of sp³-hybridized carbons (Fsp3) is 0.0714. The molecule has 0 aliphatic rings. The third-order valence-electron chi connectivity index (χ3n) is 2.44. The van der Waals surface area contributed by atoms with Gasteiger partial charge in [-0.2, -0.15) is 0 Å². The first kappa shape index (κ1) is 10.7. The highest BCUT2D eigenvalue weighted by Gasteiger charge is 2.06. The Balaban J connectivity index is 2.09. The Labute approximate surface area is 125 Å². The molecule has 0 radical (unpaired) electrons. The second kappa shape index (κ2) is 6.38. The number of nitrogens with zero attached hydrogens (tertiary/aromatic N) is 1. The maximum absolute atomic E-state index is 11.8. The minimum atomic E-state index is -2.60. The van der Waals surface area contributed by atoms with Gasteiger partial charge in [-0.1, -0.05) is 0 Å². The Morgan fingerprint density at radius 2 is 2.00 bits per heavy atom. The predicted molar refractivity (Wildman–Crippen MR) is 77.3 cm³/mol. The van der Waals surface area contributed by atoms with Gasteiger partial charge in [0.2, 0.25) is 0 Å². The zero-order valence-electron chi connectivity index (χ0n) is 13.8. The zero-order chi connectivity index (χ0) is 17.7. The van der Waals surface area contributed by atoms with E-state index in [0.717, 1.165) is 0 Å². The number of pyridine rings is 1. The molecule has 0 aliphatic carbocycles. The fourth-order valence-electron chi connectivity index (χ4n) is 1.55. The van der Waals surface area contributed by atoms with Gasteiger partial charge in [0.25, 0.3) is 5.91 Å². The van der Waals surface area contributed by atoms with Crippen molar-refractivity contribution < 1.29 is 18.4 Å². The third-order valence-corrected chi connectivity index (χ3v) is 2.44. The van der Waals surface area contributed by atoms with Crippen molar-refractivity contribution in [3.05, 3.63) is 48.3 Å². The van der Waals surface area contributed by atoms with Crippen LogP contribution in [0.15, 0.2) is 42.6 Å². The largest absolute Gasteiger partial charge is 0.457 e. The van der Waals surface area contributed by atoms with E-state index in [4.69, 9.17) is 14.6 Å². The number of hydrogen-bond acceptors (Lipinski definition) is 4. The Bertz CT molecular complexity index is 748. The quantitative estimate of drug-likeness (QED) is 0.796. The van der Waals surface area contributed by atoms with Crippen LogP contribution in [-0.4, -0.2) is 23.9 Å². The number of nitrogens with two attached hydrogens (primary N) is 1. The number of rotatable bonds is 4. The number of carbonyl (C=O) groups excluding carboxylic acids is 2. The van der Waals surface area contributed by atoms with Gasteiger partial charge in [0.15, 0.2) is 0 Å². The van der Waals surface area contributed by atoms with Crippen LogP contribution in [0.25, 0.3) is 0 Å². The van der Waals surface area contributed by atoms with Crippen LogP contribution in [0.3, 0.4) is 0 Å². The van der Waals surface area contributed by atoms with Gasteiger partial charge in [0, 0.05) is 29.0 Å². The van der Waals surface area contributed by atoms with Crippen molar-refractivity contribution in [1.29, 1.82) is 0 Å². The van der Waals surface area contributed by atoms with E-state index >= 15 is 0 Å². The molecule has 4 N–H and O–H groups in total. The van der Waals surface area contributed by atoms with Gasteiger partial charge >= 0.3 is 6.03 Å². The van der Waals surface area contributed by atoms with Crippen LogP contribution in [0.4, 0.5) is 10.5 Å². The van der Waals surface area contributed by atoms with Gasteiger partial charge in [0.05, 0.1) is 0 Å². The summed E-state index contributed by atoms with van der Waals surface area (Å²) >= 11 is 0. The van der Waals surface area contributed by atoms with Gasteiger partial charge in [-0.25, -0.2) is 4.79 Å². The van der Waals surface area contributed by atoms with Crippen LogP contribution in [0, 0.1) is 0 Å². The molecule has 0 saturated heterocycles. The molecule has 1 aromatic carbocycles. The molecule has 0 aliphatic heterocycles. The molecule has 7 nitrogen and oxygen atoms in total. The first-order valence-corrected chi connectivity index (χ1v) is 5.86. The summed E-state index contributed by atoms with van der Waals surface area (Å²) in [6, 6.07) is 8.51. The summed E-state index contributed by atoms with van der Waals surface area (Å²) in [4.78, 5) is 26.3. The Hall–Kier alpha value is -3.09. The highest BCUT2D eigenvalue weighted by molar-refractivity contribution is 5.92. The molecule has 21 heavy (non-hydrogen) atoms. The normalized spacial score (nSPS) is 12.5. The number of aromatic nitrogens is 1. The standard InChI is InChI=1S/C14H14N4O3/c1-16-13(19)12-8-11(6-7-17-12)21-10-4-2-9(3-5-10)18-14(15)20/h2-8H,1H3,(H,16,19)(H3,15,18,20)/i1D3. The number of amides is 3. The van der Waals surface area contributed by atoms with Crippen LogP contribution >= 0.6 is 0 Å². The van der Waals surface area contributed by atoms with Gasteiger partial charge in [-0.3, -0.25) is 9.78 Å². The highest BCUT2D eigenvalue weighted by Crippen LogP contribution is 2.23. The lowest BCUT2D eigenvalue weighted by atomic mass is 10.3. The molecule has 108 valence electrons. The summed E-state index contributed by atoms with van der Waals surface area (Å²) in [5.74, 6) is -0.0869. The van der Waals surface area contributed by atoms with Crippen molar-refractivity contribution >= 4 is 17.6 Å². The van der Waals surface area contributed by atoms with Gasteiger partial charge in [-0.05, 0) is 30.3 Å². The predicted octanol–water partition coefficient (Wildman–Crippen LogP) is 1.72. The van der Waals surface area contributed by atoms with Crippen molar-refractivity contribution in [1.82, 2.24) is 10.3 Å². The molecular weight excluding hydrogens is 272 g/mol. The first-order valence-electron chi connectivity index (χ1n) is 7.36. The molecule has 0 atom stereocenters. The Morgan fingerprint density at radius 3 is 2.67 bits per heavy atom. The number of carbonyl (C=O) groups is 2. The Morgan fingerprint density at radius 1 is 1.24 bits per heavy atom. The monoisotopic (exact) mass is 289 g/mol. The van der Waals surface area contributed by atoms with E-state index in [1.807, 2.05) is 5.32 Å². The second-order valence-corrected chi connectivity index (χ2v) is 3.95. The maximum Gasteiger partial charge on any atom is 0.316 e. The van der Waals surface area contributed by atoms with Crippen LogP contribution in [-0.2, 0) is 0 Å². The van der Waals surface area contributed by atoms with Crippen LogP contribution in [0.2, 0.25) is 0 Å². The van der Waals surface area contributed by atoms with Crippen molar-refractivity contribution in [2.45, 2.75) is 0 Å². The van der Waals surface area contributed by atoms with Crippen molar-refractivity contribution in [2.75, 3.05) is 12.3 Å². The fourth-order valence-corrected chi connectivity index (χ4v) is 1.55. The average Bonchev–Trinajstić information content (AvgIpc) is 2.47. The van der Waals surface area contributed by atoms with Crippen LogP contribution in [0.5, 0.6) is 11.5 Å². The molecule has 0 unspecified atom stereocenters. The van der Waals surface area contributed by atoms with E-state index < -0.39 is 18.9 Å². The van der Waals surface area contributed by atoms with E-state index in [-0.39, 0.29) is 5.69 Å². The summed E-state index contributed by atoms with van der Waals surface area (Å²) < 4.78 is 26.6. The lowest BCUT2D eigenvalue weighted by Gasteiger charge is -2.08. The number of urea groups is 1. The first-order chi connectivity index (χ1) is 11.2. The minimum Gasteiger partial charge on any atom is -0.457 e. The minimum absolute atomic E-state index is 0.0874. The van der Waals surface area contributed by atoms with E-state index in [1.54, 1.807) is 24.3 Å². The maximum atomic E-state index is 11.8. The van der Waals surface area contributed by atoms with E-state index in [0.29, 0.717) is 17.2 Å². The summed E-state index contributed by atoms with van der Waals surface area (Å²) in [6.07, 6.45) is 1.33. The topological polar surface area (TPSA) is 106 Å². The molecule has 0 fully saturated rings. The van der Waals surface area contributed by atoms with Gasteiger partial charge < -0.3 is 21.1 Å². The summed E-state index contributed by atoms with van der Waals surface area (Å²) in [6.45, 7) is -2.60. The number of primary amides is 1. The average molecular weight is 289 g/mol. The second-order valence-electron chi connectivity index (χ2n) is 3.95. The number of nitrogens with one attached hydrogen (secondary N) is 2. The lowest BCUT2D eigenvalue weighted by Crippen LogP contribution is -2.19. The smallest absolute Gasteiger partial charge is 0.316 e. The number of hydrogen-bond donors (Lipinski definition) is 3. The van der Waals surface area contributed by atoms with E-state index in [1.165, 1.54) is 18.3 Å². The SMILES string of the molecule is [2H]C([2H])([2H])NC(=O)c1cc(Oc2ccc(NC(N)=O)cc2)ccn1. The molecule has 0 spiro atoms. The van der Waals surface area contributed by atoms with Crippen LogP contribution < -0.4 is 21.1 Å². The number of anilines is 1. The van der Waals surface area contributed by atoms with Crippen molar-refractivity contribution in [3.63, 3.8) is 0 Å². The summed E-state index contributed by atoms with van der Waals surface area (Å²) in [7, 11) is 0. The molecule has 3 amide bonds. The molecule has 0 bridgehead atoms. The molecule has 7 heteroatoms. The molecule has 1 heterocycles. The number of benzene rings is 1. The third kappa shape index (κ3) is 3.93. The van der Waals surface area contributed by atoms with Crippen LogP contribution in [0.1, 0.15) is 14.6 Å². The summed E-state index contributed by atoms with van der Waals surface area (Å²) in [5.41, 5.74) is 5.42. The number of ether oxygens (including phenoxy) is 1. The van der Waals surface area contributed by atoms with E-state index in [9.17, 15) is 9.59 Å². The Kier molecular flexibility index (Phi) is 3.24. The molecule has 2 aromatic rings. The van der Waals surface area contributed by atoms with Crippen molar-refractivity contribution in [3.8, 4) is 11.5 Å². The zero-order valence-corrected chi connectivity index (χ0v) is 10.8. The lowest BCUT2D eigenvalue weighted by molar-refractivity contribution is 0.0958. The molecule has 1 aromatic heterocycles.